The molecule has 0 heterocycles. The van der Waals surface area contributed by atoms with E-state index in [4.69, 9.17) is 4.74 Å². The van der Waals surface area contributed by atoms with Gasteiger partial charge in [-0.15, -0.1) is 0 Å². The Balaban J connectivity index is 1.91. The van der Waals surface area contributed by atoms with Crippen molar-refractivity contribution in [2.45, 2.75) is 90.8 Å². The summed E-state index contributed by atoms with van der Waals surface area (Å²) in [4.78, 5) is 0. The molecule has 0 aromatic carbocycles. The lowest BCUT2D eigenvalue weighted by atomic mass is 9.75. The van der Waals surface area contributed by atoms with Crippen molar-refractivity contribution in [2.24, 2.45) is 11.3 Å². The van der Waals surface area contributed by atoms with Gasteiger partial charge in [0.2, 0.25) is 0 Å². The largest absolute Gasteiger partial charge is 0.370 e. The van der Waals surface area contributed by atoms with Crippen molar-refractivity contribution in [1.29, 1.82) is 0 Å². The molecule has 0 spiro atoms. The Bertz CT molecular complexity index is 276. The van der Waals surface area contributed by atoms with Crippen LogP contribution in [-0.2, 0) is 4.74 Å². The van der Waals surface area contributed by atoms with Crippen molar-refractivity contribution in [2.75, 3.05) is 13.1 Å². The van der Waals surface area contributed by atoms with Gasteiger partial charge in [0, 0.05) is 6.54 Å². The van der Waals surface area contributed by atoms with Crippen LogP contribution in [0.15, 0.2) is 0 Å². The van der Waals surface area contributed by atoms with Crippen LogP contribution >= 0.6 is 0 Å². The van der Waals surface area contributed by atoms with Gasteiger partial charge < -0.3 is 10.1 Å². The molecule has 0 aromatic rings. The minimum Gasteiger partial charge on any atom is -0.370 e. The fourth-order valence-corrected chi connectivity index (χ4v) is 3.82. The zero-order valence-corrected chi connectivity index (χ0v) is 14.1. The third-order valence-electron chi connectivity index (χ3n) is 5.59. The molecule has 0 unspecified atom stereocenters. The van der Waals surface area contributed by atoms with E-state index in [-0.39, 0.29) is 5.60 Å². The number of ether oxygens (including phenoxy) is 1. The minimum absolute atomic E-state index is 0.134. The van der Waals surface area contributed by atoms with Crippen molar-refractivity contribution in [3.63, 3.8) is 0 Å². The predicted molar refractivity (Wildman–Crippen MR) is 86.0 cm³/mol. The number of hydrogen-bond donors (Lipinski definition) is 1. The molecule has 1 N–H and O–H groups in total. The number of nitrogens with one attached hydrogen (secondary N) is 1. The molecule has 2 saturated carbocycles. The highest BCUT2D eigenvalue weighted by Gasteiger charge is 2.38. The van der Waals surface area contributed by atoms with E-state index in [0.717, 1.165) is 19.0 Å². The van der Waals surface area contributed by atoms with E-state index in [9.17, 15) is 0 Å². The standard InChI is InChI=1S/C18H35NO/c1-5-19-14-18(12-6-15(2)7-13-18)20-16-8-10-17(3,4)11-9-16/h15-16,19H,5-14H2,1-4H3. The van der Waals surface area contributed by atoms with Crippen molar-refractivity contribution in [3.8, 4) is 0 Å². The molecule has 2 aliphatic carbocycles. The van der Waals surface area contributed by atoms with Crippen LogP contribution < -0.4 is 5.32 Å². The molecule has 0 amide bonds. The fourth-order valence-electron chi connectivity index (χ4n) is 3.82. The topological polar surface area (TPSA) is 21.3 Å². The average molecular weight is 281 g/mol. The van der Waals surface area contributed by atoms with Crippen LogP contribution in [-0.4, -0.2) is 24.8 Å². The summed E-state index contributed by atoms with van der Waals surface area (Å²) in [6.45, 7) is 11.5. The zero-order chi connectivity index (χ0) is 14.6. The van der Waals surface area contributed by atoms with Crippen LogP contribution in [0.1, 0.15) is 79.1 Å². The van der Waals surface area contributed by atoms with Gasteiger partial charge in [0.1, 0.15) is 0 Å². The summed E-state index contributed by atoms with van der Waals surface area (Å²) in [5, 5.41) is 3.55. The molecule has 0 aromatic heterocycles. The zero-order valence-electron chi connectivity index (χ0n) is 14.1. The Kier molecular flexibility index (Phi) is 5.53. The normalized spacial score (nSPS) is 35.1. The van der Waals surface area contributed by atoms with Gasteiger partial charge in [0.05, 0.1) is 11.7 Å². The number of hydrogen-bond acceptors (Lipinski definition) is 2. The minimum atomic E-state index is 0.134. The van der Waals surface area contributed by atoms with Crippen LogP contribution in [0.5, 0.6) is 0 Å². The number of likely N-dealkylation sites (N-methyl/N-ethyl adjacent to an activating group) is 1. The van der Waals surface area contributed by atoms with E-state index >= 15 is 0 Å². The summed E-state index contributed by atoms with van der Waals surface area (Å²) < 4.78 is 6.70. The second kappa shape index (κ2) is 6.79. The molecule has 2 rings (SSSR count). The highest BCUT2D eigenvalue weighted by molar-refractivity contribution is 4.91. The second-order valence-electron chi connectivity index (χ2n) is 8.13. The van der Waals surface area contributed by atoms with E-state index in [1.165, 1.54) is 51.4 Å². The fraction of sp³-hybridized carbons (Fsp3) is 1.00. The molecule has 0 saturated heterocycles. The lowest BCUT2D eigenvalue weighted by Crippen LogP contribution is -2.48. The maximum absolute atomic E-state index is 6.70. The summed E-state index contributed by atoms with van der Waals surface area (Å²) in [5.74, 6) is 0.888. The van der Waals surface area contributed by atoms with Gasteiger partial charge in [-0.2, -0.15) is 0 Å². The average Bonchev–Trinajstić information content (AvgIpc) is 2.42. The first-order valence-electron chi connectivity index (χ1n) is 8.83. The van der Waals surface area contributed by atoms with Gasteiger partial charge in [0.25, 0.3) is 0 Å². The Morgan fingerprint density at radius 1 is 1.00 bits per heavy atom. The van der Waals surface area contributed by atoms with Gasteiger partial charge in [-0.1, -0.05) is 27.7 Å². The summed E-state index contributed by atoms with van der Waals surface area (Å²) in [6, 6.07) is 0. The highest BCUT2D eigenvalue weighted by atomic mass is 16.5. The summed E-state index contributed by atoms with van der Waals surface area (Å²) >= 11 is 0. The molecule has 2 aliphatic rings. The van der Waals surface area contributed by atoms with E-state index in [1.54, 1.807) is 0 Å². The smallest absolute Gasteiger partial charge is 0.0810 e. The van der Waals surface area contributed by atoms with E-state index in [2.05, 4.69) is 33.0 Å². The molecule has 118 valence electrons. The van der Waals surface area contributed by atoms with E-state index in [0.29, 0.717) is 11.5 Å². The van der Waals surface area contributed by atoms with Crippen molar-refractivity contribution >= 4 is 0 Å². The molecule has 2 fully saturated rings. The Morgan fingerprint density at radius 3 is 2.15 bits per heavy atom. The van der Waals surface area contributed by atoms with Gasteiger partial charge in [-0.3, -0.25) is 0 Å². The van der Waals surface area contributed by atoms with E-state index in [1.807, 2.05) is 0 Å². The van der Waals surface area contributed by atoms with Crippen LogP contribution in [0, 0.1) is 11.3 Å². The van der Waals surface area contributed by atoms with Crippen LogP contribution in [0.2, 0.25) is 0 Å². The number of rotatable bonds is 5. The van der Waals surface area contributed by atoms with Crippen LogP contribution in [0.25, 0.3) is 0 Å². The Morgan fingerprint density at radius 2 is 1.60 bits per heavy atom. The Labute approximate surface area is 126 Å². The molecule has 0 atom stereocenters. The summed E-state index contributed by atoms with van der Waals surface area (Å²) in [6.07, 6.45) is 10.9. The molecular weight excluding hydrogens is 246 g/mol. The van der Waals surface area contributed by atoms with Gasteiger partial charge in [-0.25, -0.2) is 0 Å². The SMILES string of the molecule is CCNCC1(OC2CCC(C)(C)CC2)CCC(C)CC1. The van der Waals surface area contributed by atoms with Crippen molar-refractivity contribution < 1.29 is 4.74 Å². The molecule has 20 heavy (non-hydrogen) atoms. The van der Waals surface area contributed by atoms with E-state index < -0.39 is 0 Å². The monoisotopic (exact) mass is 281 g/mol. The van der Waals surface area contributed by atoms with Crippen molar-refractivity contribution in [1.82, 2.24) is 5.32 Å². The summed E-state index contributed by atoms with van der Waals surface area (Å²) in [5.41, 5.74) is 0.671. The molecule has 0 aliphatic heterocycles. The lowest BCUT2D eigenvalue weighted by molar-refractivity contribution is -0.133. The van der Waals surface area contributed by atoms with Crippen LogP contribution in [0.3, 0.4) is 0 Å². The van der Waals surface area contributed by atoms with Gasteiger partial charge >= 0.3 is 0 Å². The Hall–Kier alpha value is -0.0800. The third kappa shape index (κ3) is 4.46. The third-order valence-corrected chi connectivity index (χ3v) is 5.59. The first-order valence-corrected chi connectivity index (χ1v) is 8.83. The first kappa shape index (κ1) is 16.3. The van der Waals surface area contributed by atoms with Crippen molar-refractivity contribution in [3.05, 3.63) is 0 Å². The second-order valence-corrected chi connectivity index (χ2v) is 8.13. The van der Waals surface area contributed by atoms with Crippen LogP contribution in [0.4, 0.5) is 0 Å². The first-order chi connectivity index (χ1) is 9.45. The maximum atomic E-state index is 6.70. The predicted octanol–water partition coefficient (Wildman–Crippen LogP) is 4.53. The maximum Gasteiger partial charge on any atom is 0.0810 e. The lowest BCUT2D eigenvalue weighted by Gasteiger charge is -2.44. The molecule has 2 nitrogen and oxygen atoms in total. The molecule has 0 bridgehead atoms. The molecule has 2 heteroatoms. The quantitative estimate of drug-likeness (QED) is 0.799. The van der Waals surface area contributed by atoms with Gasteiger partial charge in [-0.05, 0) is 69.2 Å². The molecular formula is C18H35NO. The molecule has 0 radical (unpaired) electrons. The van der Waals surface area contributed by atoms with Gasteiger partial charge in [0.15, 0.2) is 0 Å². The highest BCUT2D eigenvalue weighted by Crippen LogP contribution is 2.41. The summed E-state index contributed by atoms with van der Waals surface area (Å²) in [7, 11) is 0.